The first kappa shape index (κ1) is 28.1. The van der Waals surface area contributed by atoms with E-state index in [4.69, 9.17) is 0 Å². The van der Waals surface area contributed by atoms with Gasteiger partial charge >= 0.3 is 5.97 Å². The molecule has 0 aliphatic heterocycles. The van der Waals surface area contributed by atoms with E-state index in [1.54, 1.807) is 0 Å². The topological polar surface area (TPSA) is 95.2 Å². The fraction of sp³-hybridized carbons (Fsp3) is 0.812. The number of carbonyl (C=O) groups excluding carboxylic acids is 2. The lowest BCUT2D eigenvalue weighted by molar-refractivity contribution is -0.191. The normalized spacial score (nSPS) is 43.4. The van der Waals surface area contributed by atoms with Crippen molar-refractivity contribution in [3.05, 3.63) is 11.6 Å². The highest BCUT2D eigenvalue weighted by Gasteiger charge is 2.68. The van der Waals surface area contributed by atoms with Crippen molar-refractivity contribution in [2.75, 3.05) is 0 Å². The lowest BCUT2D eigenvalue weighted by Gasteiger charge is -2.68. The molecule has 0 amide bonds. The standard InChI is InChI=1S/C32H47NO4/c1-28(2)12-8-20(16-26(35)36)9-14-31(6)22(10-13-28)23(34)17-25-30(5)18-21(19-33)27(37)29(3,4)24(30)11-15-32(25,31)7/h18,20,22,24-25H,8-17H2,1-7H3,(H,35,36)/t20-,22?,24-,25+,30-,31+,32+/m0/s1. The first-order chi connectivity index (χ1) is 17.0. The molecule has 0 saturated heterocycles. The molecule has 0 heterocycles. The third-order valence-corrected chi connectivity index (χ3v) is 12.2. The molecule has 3 saturated carbocycles. The van der Waals surface area contributed by atoms with Crippen LogP contribution in [0.2, 0.25) is 0 Å². The molecule has 7 atom stereocenters. The number of nitriles is 1. The molecular weight excluding hydrogens is 462 g/mol. The maximum absolute atomic E-state index is 14.1. The van der Waals surface area contributed by atoms with Crippen molar-refractivity contribution in [2.45, 2.75) is 113 Å². The minimum absolute atomic E-state index is 0.0330. The van der Waals surface area contributed by atoms with Gasteiger partial charge in [-0.15, -0.1) is 0 Å². The zero-order valence-electron chi connectivity index (χ0n) is 24.1. The van der Waals surface area contributed by atoms with Crippen molar-refractivity contribution in [3.8, 4) is 6.07 Å². The Hall–Kier alpha value is -1.96. The second kappa shape index (κ2) is 9.06. The molecule has 4 aliphatic rings. The number of aliphatic carboxylic acids is 1. The van der Waals surface area contributed by atoms with Crippen molar-refractivity contribution >= 4 is 17.5 Å². The Morgan fingerprint density at radius 1 is 0.919 bits per heavy atom. The summed E-state index contributed by atoms with van der Waals surface area (Å²) >= 11 is 0. The number of carbonyl (C=O) groups is 3. The predicted molar refractivity (Wildman–Crippen MR) is 143 cm³/mol. The summed E-state index contributed by atoms with van der Waals surface area (Å²) in [6.45, 7) is 15.4. The molecule has 204 valence electrons. The molecule has 4 aliphatic carbocycles. The monoisotopic (exact) mass is 509 g/mol. The fourth-order valence-corrected chi connectivity index (χ4v) is 9.68. The van der Waals surface area contributed by atoms with E-state index in [9.17, 15) is 24.8 Å². The van der Waals surface area contributed by atoms with Gasteiger partial charge in [0.25, 0.3) is 0 Å². The lowest BCUT2D eigenvalue weighted by atomic mass is 9.35. The first-order valence-corrected chi connectivity index (χ1v) is 14.4. The van der Waals surface area contributed by atoms with E-state index >= 15 is 0 Å². The van der Waals surface area contributed by atoms with Gasteiger partial charge in [-0.2, -0.15) is 5.26 Å². The third-order valence-electron chi connectivity index (χ3n) is 12.2. The average molecular weight is 510 g/mol. The van der Waals surface area contributed by atoms with Crippen molar-refractivity contribution < 1.29 is 19.5 Å². The number of carboxylic acids is 1. The van der Waals surface area contributed by atoms with Gasteiger partial charge in [-0.3, -0.25) is 14.4 Å². The van der Waals surface area contributed by atoms with Gasteiger partial charge in [-0.25, -0.2) is 0 Å². The molecule has 3 fully saturated rings. The Labute approximate surface area is 223 Å². The number of allylic oxidation sites excluding steroid dienone is 2. The molecule has 1 N–H and O–H groups in total. The molecule has 0 bridgehead atoms. The van der Waals surface area contributed by atoms with E-state index in [2.05, 4.69) is 40.7 Å². The number of Topliss-reactive ketones (excluding diaryl/α,β-unsaturated/α-hetero) is 2. The zero-order chi connectivity index (χ0) is 27.6. The molecule has 0 aromatic carbocycles. The minimum Gasteiger partial charge on any atom is -0.481 e. The van der Waals surface area contributed by atoms with E-state index in [1.165, 1.54) is 0 Å². The van der Waals surface area contributed by atoms with Gasteiger partial charge in [-0.05, 0) is 90.8 Å². The summed E-state index contributed by atoms with van der Waals surface area (Å²) in [5.74, 6) is -0.235. The second-order valence-electron chi connectivity index (χ2n) is 15.0. The molecule has 1 unspecified atom stereocenters. The highest BCUT2D eigenvalue weighted by molar-refractivity contribution is 6.04. The summed E-state index contributed by atoms with van der Waals surface area (Å²) in [5.41, 5.74) is -1.10. The lowest BCUT2D eigenvalue weighted by Crippen LogP contribution is -2.65. The van der Waals surface area contributed by atoms with Crippen LogP contribution < -0.4 is 0 Å². The number of ketones is 2. The van der Waals surface area contributed by atoms with Gasteiger partial charge in [0.15, 0.2) is 5.78 Å². The van der Waals surface area contributed by atoms with E-state index in [-0.39, 0.29) is 57.7 Å². The van der Waals surface area contributed by atoms with Crippen LogP contribution in [0.4, 0.5) is 0 Å². The van der Waals surface area contributed by atoms with Crippen molar-refractivity contribution in [2.24, 2.45) is 50.7 Å². The van der Waals surface area contributed by atoms with Gasteiger partial charge in [0.1, 0.15) is 11.9 Å². The van der Waals surface area contributed by atoms with Crippen molar-refractivity contribution in [1.29, 1.82) is 5.26 Å². The minimum atomic E-state index is -0.735. The number of carboxylic acid groups (broad SMARTS) is 1. The van der Waals surface area contributed by atoms with Crippen molar-refractivity contribution in [3.63, 3.8) is 0 Å². The Bertz CT molecular complexity index is 1060. The van der Waals surface area contributed by atoms with Crippen LogP contribution in [0.1, 0.15) is 113 Å². The largest absolute Gasteiger partial charge is 0.481 e. The van der Waals surface area contributed by atoms with Gasteiger partial charge in [0.2, 0.25) is 0 Å². The van der Waals surface area contributed by atoms with Crippen LogP contribution in [-0.2, 0) is 14.4 Å². The molecular formula is C32H47NO4. The van der Waals surface area contributed by atoms with Crippen LogP contribution in [-0.4, -0.2) is 22.6 Å². The van der Waals surface area contributed by atoms with E-state index in [0.29, 0.717) is 12.2 Å². The highest BCUT2D eigenvalue weighted by Crippen LogP contribution is 2.72. The second-order valence-corrected chi connectivity index (χ2v) is 15.0. The summed E-state index contributed by atoms with van der Waals surface area (Å²) in [5, 5.41) is 19.5. The molecule has 4 rings (SSSR count). The van der Waals surface area contributed by atoms with E-state index in [1.807, 2.05) is 19.9 Å². The smallest absolute Gasteiger partial charge is 0.303 e. The van der Waals surface area contributed by atoms with E-state index in [0.717, 1.165) is 51.4 Å². The molecule has 5 nitrogen and oxygen atoms in total. The molecule has 0 aromatic rings. The summed E-state index contributed by atoms with van der Waals surface area (Å²) < 4.78 is 0. The molecule has 0 spiro atoms. The maximum Gasteiger partial charge on any atom is 0.303 e. The summed E-state index contributed by atoms with van der Waals surface area (Å²) in [4.78, 5) is 39.0. The van der Waals surface area contributed by atoms with Gasteiger partial charge < -0.3 is 5.11 Å². The van der Waals surface area contributed by atoms with Crippen molar-refractivity contribution in [1.82, 2.24) is 0 Å². The van der Waals surface area contributed by atoms with Crippen LogP contribution in [0.15, 0.2) is 11.6 Å². The highest BCUT2D eigenvalue weighted by atomic mass is 16.4. The van der Waals surface area contributed by atoms with Gasteiger partial charge in [-0.1, -0.05) is 54.5 Å². The van der Waals surface area contributed by atoms with Crippen LogP contribution in [0.3, 0.4) is 0 Å². The Balaban J connectivity index is 1.81. The van der Waals surface area contributed by atoms with E-state index < -0.39 is 16.8 Å². The number of hydrogen-bond donors (Lipinski definition) is 1. The van der Waals surface area contributed by atoms with Crippen LogP contribution in [0, 0.1) is 62.1 Å². The molecule has 37 heavy (non-hydrogen) atoms. The van der Waals surface area contributed by atoms with Gasteiger partial charge in [0, 0.05) is 24.2 Å². The summed E-state index contributed by atoms with van der Waals surface area (Å²) in [6.07, 6.45) is 9.94. The Morgan fingerprint density at radius 3 is 2.14 bits per heavy atom. The quantitative estimate of drug-likeness (QED) is 0.426. The SMILES string of the molecule is CC1(C)CCC2C(=O)C[C@@H]3[C@@]4(C)C=C(C#N)C(=O)C(C)(C)[C@@H]4CC[C@@]3(C)[C@]2(C)CC[C@@H](CC(=O)O)CC1. The average Bonchev–Trinajstić information content (AvgIpc) is 2.79. The van der Waals surface area contributed by atoms with Gasteiger partial charge in [0.05, 0.1) is 5.57 Å². The molecule has 5 heteroatoms. The number of nitrogens with zero attached hydrogens (tertiary/aromatic N) is 1. The molecule has 0 radical (unpaired) electrons. The maximum atomic E-state index is 14.1. The summed E-state index contributed by atoms with van der Waals surface area (Å²) in [7, 11) is 0. The van der Waals surface area contributed by atoms with Crippen LogP contribution in [0.25, 0.3) is 0 Å². The molecule has 0 aromatic heterocycles. The number of hydrogen-bond acceptors (Lipinski definition) is 4. The number of fused-ring (bicyclic) bond motifs is 5. The van der Waals surface area contributed by atoms with Crippen LogP contribution >= 0.6 is 0 Å². The Kier molecular flexibility index (Phi) is 6.87. The zero-order valence-corrected chi connectivity index (χ0v) is 24.1. The first-order valence-electron chi connectivity index (χ1n) is 14.4. The predicted octanol–water partition coefficient (Wildman–Crippen LogP) is 7.15. The number of rotatable bonds is 2. The fourth-order valence-electron chi connectivity index (χ4n) is 9.68. The summed E-state index contributed by atoms with van der Waals surface area (Å²) in [6, 6.07) is 2.19. The Morgan fingerprint density at radius 2 is 1.51 bits per heavy atom. The van der Waals surface area contributed by atoms with Crippen LogP contribution in [0.5, 0.6) is 0 Å². The third kappa shape index (κ3) is 4.31.